The topological polar surface area (TPSA) is 114 Å². The molecule has 1 saturated heterocycles. The van der Waals surface area contributed by atoms with E-state index in [4.69, 9.17) is 9.47 Å². The van der Waals surface area contributed by atoms with Crippen LogP contribution in [0.15, 0.2) is 48.5 Å². The minimum atomic E-state index is -0.665. The lowest BCUT2D eigenvalue weighted by Gasteiger charge is -2.19. The Bertz CT molecular complexity index is 1010. The van der Waals surface area contributed by atoms with Crippen molar-refractivity contribution in [2.24, 2.45) is 5.92 Å². The number of para-hydroxylation sites is 2. The zero-order valence-corrected chi connectivity index (χ0v) is 17.9. The number of hydrogen-bond acceptors (Lipinski definition) is 6. The van der Waals surface area contributed by atoms with Gasteiger partial charge in [-0.1, -0.05) is 12.1 Å². The summed E-state index contributed by atoms with van der Waals surface area (Å²) in [4.78, 5) is 49.6. The molecule has 32 heavy (non-hydrogen) atoms. The number of esters is 1. The molecular weight excluding hydrogens is 414 g/mol. The van der Waals surface area contributed by atoms with Crippen LogP contribution >= 0.6 is 0 Å². The molecular formula is C23H25N3O6. The number of nitrogens with zero attached hydrogens (tertiary/aromatic N) is 1. The quantitative estimate of drug-likeness (QED) is 0.611. The zero-order chi connectivity index (χ0) is 23.1. The molecule has 0 aromatic heterocycles. The highest BCUT2D eigenvalue weighted by molar-refractivity contribution is 6.01. The molecule has 0 unspecified atom stereocenters. The van der Waals surface area contributed by atoms with Crippen LogP contribution in [-0.4, -0.2) is 43.4 Å². The Kier molecular flexibility index (Phi) is 7.43. The van der Waals surface area contributed by atoms with Crippen molar-refractivity contribution in [2.45, 2.75) is 20.3 Å². The van der Waals surface area contributed by atoms with Crippen molar-refractivity contribution < 1.29 is 28.7 Å². The number of ether oxygens (including phenoxy) is 2. The molecule has 0 aliphatic carbocycles. The molecule has 0 spiro atoms. The van der Waals surface area contributed by atoms with Crippen molar-refractivity contribution in [3.63, 3.8) is 0 Å². The summed E-state index contributed by atoms with van der Waals surface area (Å²) in [5.41, 5.74) is 1.70. The molecule has 3 rings (SSSR count). The monoisotopic (exact) mass is 439 g/mol. The van der Waals surface area contributed by atoms with Crippen molar-refractivity contribution >= 4 is 40.8 Å². The fourth-order valence-electron chi connectivity index (χ4n) is 3.35. The standard InChI is InChI=1S/C23H25N3O6/c1-3-31-20-7-5-4-6-19(20)26-13-16(12-22(26)29)23(30)32-14-21(28)25-18-10-8-17(9-11-18)24-15(2)27/h4-11,16H,3,12-14H2,1-2H3,(H,24,27)(H,25,28)/t16-/m1/s1. The number of carbonyl (C=O) groups excluding carboxylic acids is 4. The van der Waals surface area contributed by atoms with E-state index >= 15 is 0 Å². The van der Waals surface area contributed by atoms with Gasteiger partial charge in [0.15, 0.2) is 6.61 Å². The average molecular weight is 439 g/mol. The molecule has 1 fully saturated rings. The van der Waals surface area contributed by atoms with Crippen LogP contribution in [0.2, 0.25) is 0 Å². The minimum Gasteiger partial charge on any atom is -0.492 e. The first-order chi connectivity index (χ1) is 15.4. The van der Waals surface area contributed by atoms with Crippen LogP contribution in [0.3, 0.4) is 0 Å². The van der Waals surface area contributed by atoms with Gasteiger partial charge in [-0.3, -0.25) is 19.2 Å². The van der Waals surface area contributed by atoms with Crippen molar-refractivity contribution in [2.75, 3.05) is 35.3 Å². The van der Waals surface area contributed by atoms with Crippen LogP contribution in [0, 0.1) is 5.92 Å². The maximum absolute atomic E-state index is 12.5. The SMILES string of the molecule is CCOc1ccccc1N1C[C@H](C(=O)OCC(=O)Nc2ccc(NC(C)=O)cc2)CC1=O. The Morgan fingerprint density at radius 1 is 1.03 bits per heavy atom. The van der Waals surface area contributed by atoms with Gasteiger partial charge in [-0.25, -0.2) is 0 Å². The number of amides is 3. The molecule has 0 radical (unpaired) electrons. The van der Waals surface area contributed by atoms with Crippen molar-refractivity contribution in [3.8, 4) is 5.75 Å². The van der Waals surface area contributed by atoms with Gasteiger partial charge < -0.3 is 25.0 Å². The molecule has 2 aromatic carbocycles. The number of carbonyl (C=O) groups is 4. The van der Waals surface area contributed by atoms with Gasteiger partial charge in [-0.2, -0.15) is 0 Å². The molecule has 0 bridgehead atoms. The predicted molar refractivity (Wildman–Crippen MR) is 118 cm³/mol. The van der Waals surface area contributed by atoms with Gasteiger partial charge in [-0.15, -0.1) is 0 Å². The third-order valence-corrected chi connectivity index (χ3v) is 4.75. The van der Waals surface area contributed by atoms with Crippen molar-refractivity contribution in [1.82, 2.24) is 0 Å². The normalized spacial score (nSPS) is 15.2. The van der Waals surface area contributed by atoms with Gasteiger partial charge in [-0.05, 0) is 43.3 Å². The van der Waals surface area contributed by atoms with E-state index in [1.807, 2.05) is 13.0 Å². The third-order valence-electron chi connectivity index (χ3n) is 4.75. The van der Waals surface area contributed by atoms with E-state index in [0.717, 1.165) is 0 Å². The number of rotatable bonds is 8. The molecule has 168 valence electrons. The number of nitrogens with one attached hydrogen (secondary N) is 2. The fourth-order valence-corrected chi connectivity index (χ4v) is 3.35. The van der Waals surface area contributed by atoms with Gasteiger partial charge in [0, 0.05) is 31.3 Å². The largest absolute Gasteiger partial charge is 0.492 e. The summed E-state index contributed by atoms with van der Waals surface area (Å²) in [5.74, 6) is -1.61. The fraction of sp³-hybridized carbons (Fsp3) is 0.304. The second-order valence-corrected chi connectivity index (χ2v) is 7.22. The smallest absolute Gasteiger partial charge is 0.311 e. The molecule has 0 saturated carbocycles. The van der Waals surface area contributed by atoms with E-state index in [0.29, 0.717) is 29.4 Å². The van der Waals surface area contributed by atoms with Crippen LogP contribution < -0.4 is 20.3 Å². The van der Waals surface area contributed by atoms with Gasteiger partial charge in [0.05, 0.1) is 18.2 Å². The highest BCUT2D eigenvalue weighted by atomic mass is 16.5. The van der Waals surface area contributed by atoms with E-state index in [1.165, 1.54) is 11.8 Å². The summed E-state index contributed by atoms with van der Waals surface area (Å²) >= 11 is 0. The van der Waals surface area contributed by atoms with Crippen molar-refractivity contribution in [3.05, 3.63) is 48.5 Å². The molecule has 1 aliphatic rings. The number of anilines is 3. The molecule has 2 N–H and O–H groups in total. The minimum absolute atomic E-state index is 0.00548. The van der Waals surface area contributed by atoms with Crippen LogP contribution in [0.1, 0.15) is 20.3 Å². The zero-order valence-electron chi connectivity index (χ0n) is 17.9. The Labute approximate surface area is 185 Å². The summed E-state index contributed by atoms with van der Waals surface area (Å²) in [6, 6.07) is 13.7. The summed E-state index contributed by atoms with van der Waals surface area (Å²) in [6.07, 6.45) is 0.00548. The van der Waals surface area contributed by atoms with E-state index in [-0.39, 0.29) is 24.8 Å². The summed E-state index contributed by atoms with van der Waals surface area (Å²) < 4.78 is 10.7. The maximum Gasteiger partial charge on any atom is 0.311 e. The van der Waals surface area contributed by atoms with Crippen LogP contribution in [-0.2, 0) is 23.9 Å². The molecule has 9 nitrogen and oxygen atoms in total. The Morgan fingerprint density at radius 3 is 2.34 bits per heavy atom. The van der Waals surface area contributed by atoms with E-state index in [2.05, 4.69) is 10.6 Å². The summed E-state index contributed by atoms with van der Waals surface area (Å²) in [6.45, 7) is 3.40. The molecule has 1 aliphatic heterocycles. The molecule has 3 amide bonds. The molecule has 2 aromatic rings. The first-order valence-corrected chi connectivity index (χ1v) is 10.2. The predicted octanol–water partition coefficient (Wildman–Crippen LogP) is 2.58. The first kappa shape index (κ1) is 22.8. The molecule has 1 heterocycles. The van der Waals surface area contributed by atoms with Crippen LogP contribution in [0.4, 0.5) is 17.1 Å². The average Bonchev–Trinajstić information content (AvgIpc) is 3.15. The lowest BCUT2D eigenvalue weighted by Crippen LogP contribution is -2.28. The highest BCUT2D eigenvalue weighted by Gasteiger charge is 2.37. The van der Waals surface area contributed by atoms with E-state index in [9.17, 15) is 19.2 Å². The summed E-state index contributed by atoms with van der Waals surface area (Å²) in [7, 11) is 0. The summed E-state index contributed by atoms with van der Waals surface area (Å²) in [5, 5.41) is 5.24. The first-order valence-electron chi connectivity index (χ1n) is 10.2. The second kappa shape index (κ2) is 10.4. The lowest BCUT2D eigenvalue weighted by molar-refractivity contribution is -0.151. The maximum atomic E-state index is 12.5. The van der Waals surface area contributed by atoms with Crippen molar-refractivity contribution in [1.29, 1.82) is 0 Å². The number of benzene rings is 2. The lowest BCUT2D eigenvalue weighted by atomic mass is 10.1. The van der Waals surface area contributed by atoms with E-state index < -0.39 is 24.4 Å². The highest BCUT2D eigenvalue weighted by Crippen LogP contribution is 2.33. The van der Waals surface area contributed by atoms with E-state index in [1.54, 1.807) is 42.5 Å². The van der Waals surface area contributed by atoms with Gasteiger partial charge in [0.25, 0.3) is 5.91 Å². The van der Waals surface area contributed by atoms with Gasteiger partial charge in [0.2, 0.25) is 11.8 Å². The molecule has 1 atom stereocenters. The van der Waals surface area contributed by atoms with Crippen LogP contribution in [0.5, 0.6) is 5.75 Å². The Morgan fingerprint density at radius 2 is 1.69 bits per heavy atom. The van der Waals surface area contributed by atoms with Gasteiger partial charge in [0.1, 0.15) is 5.75 Å². The second-order valence-electron chi connectivity index (χ2n) is 7.22. The van der Waals surface area contributed by atoms with Gasteiger partial charge >= 0.3 is 5.97 Å². The van der Waals surface area contributed by atoms with Crippen LogP contribution in [0.25, 0.3) is 0 Å². The third kappa shape index (κ3) is 5.84. The molecule has 9 heteroatoms. The Balaban J connectivity index is 1.51. The Hall–Kier alpha value is -3.88. The number of hydrogen-bond donors (Lipinski definition) is 2.